The second-order valence-electron chi connectivity index (χ2n) is 6.52. The Bertz CT molecular complexity index is 815. The zero-order valence-corrected chi connectivity index (χ0v) is 16.4. The van der Waals surface area contributed by atoms with Crippen LogP contribution in [0, 0.1) is 6.92 Å². The summed E-state index contributed by atoms with van der Waals surface area (Å²) in [5, 5.41) is 0.744. The molecule has 1 heterocycles. The first-order chi connectivity index (χ1) is 12.4. The zero-order chi connectivity index (χ0) is 18.6. The molecule has 0 aromatic heterocycles. The van der Waals surface area contributed by atoms with Crippen molar-refractivity contribution in [2.75, 3.05) is 44.2 Å². The molecule has 1 fully saturated rings. The van der Waals surface area contributed by atoms with Crippen LogP contribution in [0.2, 0.25) is 5.02 Å². The Labute approximate surface area is 160 Å². The highest BCUT2D eigenvalue weighted by Crippen LogP contribution is 2.19. The third-order valence-electron chi connectivity index (χ3n) is 4.62. The van der Waals surface area contributed by atoms with E-state index in [2.05, 4.69) is 14.5 Å². The number of hydrogen-bond acceptors (Lipinski definition) is 4. The number of rotatable bonds is 6. The molecule has 2 aromatic carbocycles. The van der Waals surface area contributed by atoms with Gasteiger partial charge in [-0.25, -0.2) is 13.1 Å². The van der Waals surface area contributed by atoms with E-state index in [-0.39, 0.29) is 0 Å². The van der Waals surface area contributed by atoms with E-state index in [1.807, 2.05) is 43.3 Å². The molecule has 0 saturated carbocycles. The molecule has 0 spiro atoms. The molecule has 0 unspecified atom stereocenters. The number of nitrogens with zero attached hydrogens (tertiary/aromatic N) is 2. The first kappa shape index (κ1) is 19.2. The monoisotopic (exact) mass is 393 g/mol. The number of anilines is 1. The lowest BCUT2D eigenvalue weighted by atomic mass is 10.2. The van der Waals surface area contributed by atoms with Gasteiger partial charge in [-0.1, -0.05) is 29.3 Å². The predicted molar refractivity (Wildman–Crippen MR) is 106 cm³/mol. The Morgan fingerprint density at radius 1 is 0.962 bits per heavy atom. The van der Waals surface area contributed by atoms with Crippen LogP contribution in [0.15, 0.2) is 53.4 Å². The maximum atomic E-state index is 12.3. The SMILES string of the molecule is Cc1ccc(S(=O)(=O)NCCN2CCN(c3ccc(Cl)cc3)CC2)cc1. The molecule has 0 radical (unpaired) electrons. The van der Waals surface area contributed by atoms with Gasteiger partial charge in [-0.3, -0.25) is 4.90 Å². The molecule has 5 nitrogen and oxygen atoms in total. The van der Waals surface area contributed by atoms with E-state index in [0.717, 1.165) is 36.8 Å². The summed E-state index contributed by atoms with van der Waals surface area (Å²) in [7, 11) is -3.44. The van der Waals surface area contributed by atoms with E-state index in [9.17, 15) is 8.42 Å². The Morgan fingerprint density at radius 3 is 2.19 bits per heavy atom. The summed E-state index contributed by atoms with van der Waals surface area (Å²) < 4.78 is 27.3. The highest BCUT2D eigenvalue weighted by atomic mass is 35.5. The van der Waals surface area contributed by atoms with Gasteiger partial charge < -0.3 is 4.90 Å². The van der Waals surface area contributed by atoms with Gasteiger partial charge in [0.15, 0.2) is 0 Å². The van der Waals surface area contributed by atoms with Crippen molar-refractivity contribution >= 4 is 27.3 Å². The van der Waals surface area contributed by atoms with Crippen LogP contribution in [0.5, 0.6) is 0 Å². The van der Waals surface area contributed by atoms with E-state index < -0.39 is 10.0 Å². The summed E-state index contributed by atoms with van der Waals surface area (Å²) in [4.78, 5) is 4.92. The minimum Gasteiger partial charge on any atom is -0.369 e. The molecule has 1 aliphatic heterocycles. The lowest BCUT2D eigenvalue weighted by Gasteiger charge is -2.36. The summed E-state index contributed by atoms with van der Waals surface area (Å²) >= 11 is 5.94. The molecule has 2 aromatic rings. The summed E-state index contributed by atoms with van der Waals surface area (Å²) in [6.45, 7) is 6.73. The van der Waals surface area contributed by atoms with Gasteiger partial charge >= 0.3 is 0 Å². The van der Waals surface area contributed by atoms with Gasteiger partial charge in [0.1, 0.15) is 0 Å². The Hall–Kier alpha value is -1.60. The third-order valence-corrected chi connectivity index (χ3v) is 6.34. The summed E-state index contributed by atoms with van der Waals surface area (Å²) in [5.74, 6) is 0. The molecule has 0 amide bonds. The van der Waals surface area contributed by atoms with E-state index >= 15 is 0 Å². The number of nitrogens with one attached hydrogen (secondary N) is 1. The van der Waals surface area contributed by atoms with E-state index in [4.69, 9.17) is 11.6 Å². The van der Waals surface area contributed by atoms with Crippen molar-refractivity contribution in [1.82, 2.24) is 9.62 Å². The number of benzene rings is 2. The molecule has 0 bridgehead atoms. The number of piperazine rings is 1. The van der Waals surface area contributed by atoms with Crippen LogP contribution in [0.25, 0.3) is 0 Å². The fourth-order valence-corrected chi connectivity index (χ4v) is 4.17. The van der Waals surface area contributed by atoms with Gasteiger partial charge in [-0.15, -0.1) is 0 Å². The Kier molecular flexibility index (Phi) is 6.19. The van der Waals surface area contributed by atoms with Gasteiger partial charge in [0.25, 0.3) is 0 Å². The largest absolute Gasteiger partial charge is 0.369 e. The van der Waals surface area contributed by atoms with Gasteiger partial charge in [-0.05, 0) is 43.3 Å². The van der Waals surface area contributed by atoms with Gasteiger partial charge in [0.05, 0.1) is 4.90 Å². The second-order valence-corrected chi connectivity index (χ2v) is 8.72. The lowest BCUT2D eigenvalue weighted by molar-refractivity contribution is 0.262. The second kappa shape index (κ2) is 8.39. The van der Waals surface area contributed by atoms with Crippen LogP contribution in [0.1, 0.15) is 5.56 Å². The fraction of sp³-hybridized carbons (Fsp3) is 0.368. The topological polar surface area (TPSA) is 52.7 Å². The molecule has 3 rings (SSSR count). The van der Waals surface area contributed by atoms with Crippen molar-refractivity contribution in [1.29, 1.82) is 0 Å². The van der Waals surface area contributed by atoms with Crippen LogP contribution in [0.3, 0.4) is 0 Å². The van der Waals surface area contributed by atoms with Gasteiger partial charge in [0.2, 0.25) is 10.0 Å². The minimum atomic E-state index is -3.44. The molecule has 1 saturated heterocycles. The van der Waals surface area contributed by atoms with Crippen LogP contribution in [-0.4, -0.2) is 52.6 Å². The number of halogens is 1. The van der Waals surface area contributed by atoms with Crippen LogP contribution >= 0.6 is 11.6 Å². The highest BCUT2D eigenvalue weighted by Gasteiger charge is 2.18. The molecule has 1 N–H and O–H groups in total. The smallest absolute Gasteiger partial charge is 0.240 e. The molecular weight excluding hydrogens is 370 g/mol. The predicted octanol–water partition coefficient (Wildman–Crippen LogP) is 2.75. The average Bonchev–Trinajstić information content (AvgIpc) is 2.63. The fourth-order valence-electron chi connectivity index (χ4n) is 3.02. The van der Waals surface area contributed by atoms with Crippen molar-refractivity contribution < 1.29 is 8.42 Å². The number of hydrogen-bond donors (Lipinski definition) is 1. The molecular formula is C19H24ClN3O2S. The highest BCUT2D eigenvalue weighted by molar-refractivity contribution is 7.89. The van der Waals surface area contributed by atoms with Crippen molar-refractivity contribution in [2.24, 2.45) is 0 Å². The minimum absolute atomic E-state index is 0.315. The van der Waals surface area contributed by atoms with Crippen LogP contribution in [0.4, 0.5) is 5.69 Å². The number of aryl methyl sites for hydroxylation is 1. The summed E-state index contributed by atoms with van der Waals surface area (Å²) in [5.41, 5.74) is 2.22. The normalized spacial score (nSPS) is 16.0. The van der Waals surface area contributed by atoms with Crippen molar-refractivity contribution in [3.63, 3.8) is 0 Å². The molecule has 140 valence electrons. The number of sulfonamides is 1. The molecule has 0 atom stereocenters. The van der Waals surface area contributed by atoms with Crippen LogP contribution in [-0.2, 0) is 10.0 Å². The molecule has 0 aliphatic carbocycles. The summed E-state index contributed by atoms with van der Waals surface area (Å²) in [6.07, 6.45) is 0. The maximum Gasteiger partial charge on any atom is 0.240 e. The van der Waals surface area contributed by atoms with Crippen molar-refractivity contribution in [3.05, 3.63) is 59.1 Å². The maximum absolute atomic E-state index is 12.3. The standard InChI is InChI=1S/C19H24ClN3O2S/c1-16-2-8-19(9-3-16)26(24,25)21-10-11-22-12-14-23(15-13-22)18-6-4-17(20)5-7-18/h2-9,21H,10-15H2,1H3. The van der Waals surface area contributed by atoms with E-state index in [1.54, 1.807) is 12.1 Å². The molecule has 1 aliphatic rings. The quantitative estimate of drug-likeness (QED) is 0.819. The van der Waals surface area contributed by atoms with Gasteiger partial charge in [-0.2, -0.15) is 0 Å². The van der Waals surface area contributed by atoms with Crippen molar-refractivity contribution in [3.8, 4) is 0 Å². The zero-order valence-electron chi connectivity index (χ0n) is 14.9. The Morgan fingerprint density at radius 2 is 1.58 bits per heavy atom. The first-order valence-corrected chi connectivity index (χ1v) is 10.6. The van der Waals surface area contributed by atoms with E-state index in [0.29, 0.717) is 18.0 Å². The third kappa shape index (κ3) is 4.98. The molecule has 26 heavy (non-hydrogen) atoms. The van der Waals surface area contributed by atoms with Crippen molar-refractivity contribution in [2.45, 2.75) is 11.8 Å². The average molecular weight is 394 g/mol. The van der Waals surface area contributed by atoms with Crippen LogP contribution < -0.4 is 9.62 Å². The van der Waals surface area contributed by atoms with Gasteiger partial charge in [0, 0.05) is 50.0 Å². The Balaban J connectivity index is 1.45. The molecule has 7 heteroatoms. The summed E-state index contributed by atoms with van der Waals surface area (Å²) in [6, 6.07) is 14.8. The lowest BCUT2D eigenvalue weighted by Crippen LogP contribution is -2.48. The van der Waals surface area contributed by atoms with E-state index in [1.165, 1.54) is 5.69 Å². The first-order valence-electron chi connectivity index (χ1n) is 8.73.